The quantitative estimate of drug-likeness (QED) is 0.606. The second kappa shape index (κ2) is 10.9. The van der Waals surface area contributed by atoms with E-state index in [1.807, 2.05) is 48.5 Å². The molecule has 0 spiro atoms. The number of nitriles is 1. The van der Waals surface area contributed by atoms with Gasteiger partial charge in [-0.2, -0.15) is 5.26 Å². The molecule has 2 aromatic rings. The second-order valence-corrected chi connectivity index (χ2v) is 9.48. The number of anilines is 1. The zero-order chi connectivity index (χ0) is 23.2. The van der Waals surface area contributed by atoms with Gasteiger partial charge in [0.15, 0.2) is 0 Å². The van der Waals surface area contributed by atoms with Gasteiger partial charge < -0.3 is 15.3 Å². The maximum Gasteiger partial charge on any atom is 0.407 e. The van der Waals surface area contributed by atoms with Gasteiger partial charge in [0.1, 0.15) is 0 Å². The molecule has 6 nitrogen and oxygen atoms in total. The van der Waals surface area contributed by atoms with Gasteiger partial charge in [-0.3, -0.25) is 4.90 Å². The van der Waals surface area contributed by atoms with Crippen molar-refractivity contribution in [3.05, 3.63) is 64.7 Å². The lowest BCUT2D eigenvalue weighted by molar-refractivity contribution is 0.0874. The topological polar surface area (TPSA) is 79.6 Å². The van der Waals surface area contributed by atoms with Crippen molar-refractivity contribution < 1.29 is 9.90 Å². The van der Waals surface area contributed by atoms with Gasteiger partial charge in [-0.1, -0.05) is 42.6 Å². The Hall–Kier alpha value is -2.75. The van der Waals surface area contributed by atoms with Crippen molar-refractivity contribution in [2.75, 3.05) is 18.0 Å². The first kappa shape index (κ1) is 23.4. The zero-order valence-corrected chi connectivity index (χ0v) is 19.5. The molecule has 2 fully saturated rings. The molecule has 0 unspecified atom stereocenters. The van der Waals surface area contributed by atoms with Crippen molar-refractivity contribution in [3.63, 3.8) is 0 Å². The average Bonchev–Trinajstić information content (AvgIpc) is 2.84. The largest absolute Gasteiger partial charge is 0.465 e. The Morgan fingerprint density at radius 2 is 1.88 bits per heavy atom. The number of nitrogens with one attached hydrogen (secondary N) is 1. The maximum absolute atomic E-state index is 12.3. The molecule has 3 atom stereocenters. The van der Waals surface area contributed by atoms with Crippen molar-refractivity contribution in [1.82, 2.24) is 10.2 Å². The molecule has 1 saturated carbocycles. The van der Waals surface area contributed by atoms with E-state index in [9.17, 15) is 9.90 Å². The Balaban J connectivity index is 1.45. The smallest absolute Gasteiger partial charge is 0.407 e. The van der Waals surface area contributed by atoms with Gasteiger partial charge in [-0.05, 0) is 61.6 Å². The van der Waals surface area contributed by atoms with Crippen molar-refractivity contribution in [2.24, 2.45) is 0 Å². The van der Waals surface area contributed by atoms with E-state index in [4.69, 9.17) is 16.9 Å². The summed E-state index contributed by atoms with van der Waals surface area (Å²) >= 11 is 6.34. The molecule has 1 saturated heterocycles. The summed E-state index contributed by atoms with van der Waals surface area (Å²) in [6.07, 6.45) is 5.25. The highest BCUT2D eigenvalue weighted by atomic mass is 35.5. The number of hydrogen-bond donors (Lipinski definition) is 2. The van der Waals surface area contributed by atoms with Crippen LogP contribution in [0.1, 0.15) is 49.7 Å². The molecular formula is C26H31ClN4O2. The molecule has 2 N–H and O–H groups in total. The zero-order valence-electron chi connectivity index (χ0n) is 18.8. The van der Waals surface area contributed by atoms with Crippen LogP contribution in [0.5, 0.6) is 0 Å². The first-order valence-corrected chi connectivity index (χ1v) is 12.2. The number of amides is 1. The summed E-state index contributed by atoms with van der Waals surface area (Å²) < 4.78 is 0. The van der Waals surface area contributed by atoms with Crippen LogP contribution in [0.15, 0.2) is 48.5 Å². The summed E-state index contributed by atoms with van der Waals surface area (Å²) in [5, 5.41) is 23.6. The van der Waals surface area contributed by atoms with Gasteiger partial charge in [0, 0.05) is 35.9 Å². The van der Waals surface area contributed by atoms with Crippen LogP contribution in [0.25, 0.3) is 0 Å². The summed E-state index contributed by atoms with van der Waals surface area (Å²) in [5.41, 5.74) is 2.64. The molecule has 2 aliphatic rings. The van der Waals surface area contributed by atoms with Gasteiger partial charge >= 0.3 is 6.09 Å². The normalized spacial score (nSPS) is 23.0. The van der Waals surface area contributed by atoms with Crippen LogP contribution >= 0.6 is 11.6 Å². The minimum absolute atomic E-state index is 0.0715. The SMILES string of the molecule is N#Cc1ccc(N2CCC[C@H](N[C@@H]3CCCC[C@H]3N(Cc3ccccc3Cl)C(=O)O)C2)cc1. The molecule has 1 amide bonds. The van der Waals surface area contributed by atoms with Gasteiger partial charge in [0.05, 0.1) is 24.2 Å². The summed E-state index contributed by atoms with van der Waals surface area (Å²) in [7, 11) is 0. The maximum atomic E-state index is 12.3. The van der Waals surface area contributed by atoms with E-state index in [0.29, 0.717) is 23.2 Å². The molecule has 4 rings (SSSR count). The lowest BCUT2D eigenvalue weighted by Gasteiger charge is -2.43. The van der Waals surface area contributed by atoms with Crippen molar-refractivity contribution in [2.45, 2.75) is 63.2 Å². The minimum atomic E-state index is -0.892. The van der Waals surface area contributed by atoms with E-state index in [-0.39, 0.29) is 12.1 Å². The van der Waals surface area contributed by atoms with E-state index >= 15 is 0 Å². The number of hydrogen-bond acceptors (Lipinski definition) is 4. The first-order chi connectivity index (χ1) is 16.0. The molecule has 1 aliphatic heterocycles. The van der Waals surface area contributed by atoms with Crippen LogP contribution < -0.4 is 10.2 Å². The third kappa shape index (κ3) is 5.79. The van der Waals surface area contributed by atoms with Crippen LogP contribution in [0.3, 0.4) is 0 Å². The number of nitrogens with zero attached hydrogens (tertiary/aromatic N) is 3. The fraction of sp³-hybridized carbons (Fsp3) is 0.462. The van der Waals surface area contributed by atoms with Crippen molar-refractivity contribution in [1.29, 1.82) is 5.26 Å². The number of rotatable bonds is 6. The Kier molecular flexibility index (Phi) is 7.74. The van der Waals surface area contributed by atoms with Gasteiger partial charge in [-0.15, -0.1) is 0 Å². The Labute approximate surface area is 200 Å². The Bertz CT molecular complexity index is 991. The van der Waals surface area contributed by atoms with Crippen LogP contribution in [-0.2, 0) is 6.54 Å². The number of carbonyl (C=O) groups is 1. The molecule has 33 heavy (non-hydrogen) atoms. The lowest BCUT2D eigenvalue weighted by Crippen LogP contribution is -2.58. The molecule has 0 radical (unpaired) electrons. The number of piperidine rings is 1. The van der Waals surface area contributed by atoms with Crippen molar-refractivity contribution >= 4 is 23.4 Å². The van der Waals surface area contributed by atoms with Crippen LogP contribution in [0, 0.1) is 11.3 Å². The monoisotopic (exact) mass is 466 g/mol. The molecule has 1 heterocycles. The highest BCUT2D eigenvalue weighted by Crippen LogP contribution is 2.28. The van der Waals surface area contributed by atoms with E-state index in [1.54, 1.807) is 4.90 Å². The molecule has 2 aromatic carbocycles. The number of carboxylic acid groups (broad SMARTS) is 1. The fourth-order valence-electron chi connectivity index (χ4n) is 5.21. The number of benzene rings is 2. The third-order valence-corrected chi connectivity index (χ3v) is 7.28. The summed E-state index contributed by atoms with van der Waals surface area (Å²) in [4.78, 5) is 16.2. The molecular weight excluding hydrogens is 436 g/mol. The van der Waals surface area contributed by atoms with Crippen molar-refractivity contribution in [3.8, 4) is 6.07 Å². The standard InChI is InChI=1S/C26H31ClN4O2/c27-23-8-2-1-6-20(23)17-31(26(32)33)25-10-4-3-9-24(25)29-21-7-5-15-30(18-21)22-13-11-19(16-28)12-14-22/h1-2,6,8,11-14,21,24-25,29H,3-5,7,9-10,15,17-18H2,(H,32,33)/t21-,24+,25+/m0/s1. The molecule has 0 bridgehead atoms. The predicted octanol–water partition coefficient (Wildman–Crippen LogP) is 5.26. The summed E-state index contributed by atoms with van der Waals surface area (Å²) in [5.74, 6) is 0. The van der Waals surface area contributed by atoms with E-state index < -0.39 is 6.09 Å². The highest BCUT2D eigenvalue weighted by molar-refractivity contribution is 6.31. The molecule has 1 aliphatic carbocycles. The predicted molar refractivity (Wildman–Crippen MR) is 131 cm³/mol. The van der Waals surface area contributed by atoms with Gasteiger partial charge in [-0.25, -0.2) is 4.79 Å². The van der Waals surface area contributed by atoms with Crippen LogP contribution in [-0.4, -0.2) is 47.3 Å². The van der Waals surface area contributed by atoms with Crippen LogP contribution in [0.4, 0.5) is 10.5 Å². The molecule has 174 valence electrons. The molecule has 7 heteroatoms. The summed E-state index contributed by atoms with van der Waals surface area (Å²) in [6, 6.07) is 17.8. The first-order valence-electron chi connectivity index (χ1n) is 11.8. The Morgan fingerprint density at radius 1 is 1.12 bits per heavy atom. The highest BCUT2D eigenvalue weighted by Gasteiger charge is 2.35. The average molecular weight is 467 g/mol. The van der Waals surface area contributed by atoms with E-state index in [1.165, 1.54) is 0 Å². The summed E-state index contributed by atoms with van der Waals surface area (Å²) in [6.45, 7) is 2.18. The van der Waals surface area contributed by atoms with Gasteiger partial charge in [0.25, 0.3) is 0 Å². The second-order valence-electron chi connectivity index (χ2n) is 9.07. The van der Waals surface area contributed by atoms with E-state index in [0.717, 1.165) is 62.9 Å². The minimum Gasteiger partial charge on any atom is -0.465 e. The number of halogens is 1. The van der Waals surface area contributed by atoms with Crippen LogP contribution in [0.2, 0.25) is 5.02 Å². The molecule has 0 aromatic heterocycles. The lowest BCUT2D eigenvalue weighted by atomic mass is 9.87. The van der Waals surface area contributed by atoms with E-state index in [2.05, 4.69) is 16.3 Å². The third-order valence-electron chi connectivity index (χ3n) is 6.91. The fourth-order valence-corrected chi connectivity index (χ4v) is 5.41. The van der Waals surface area contributed by atoms with Gasteiger partial charge in [0.2, 0.25) is 0 Å². The Morgan fingerprint density at radius 3 is 2.61 bits per heavy atom.